The number of amides is 1. The van der Waals surface area contributed by atoms with E-state index in [-0.39, 0.29) is 17.8 Å². The summed E-state index contributed by atoms with van der Waals surface area (Å²) in [4.78, 5) is 16.0. The van der Waals surface area contributed by atoms with Crippen molar-refractivity contribution in [3.63, 3.8) is 0 Å². The largest absolute Gasteiger partial charge is 0.489 e. The minimum absolute atomic E-state index is 0.0328. The van der Waals surface area contributed by atoms with Crippen LogP contribution in [0.25, 0.3) is 0 Å². The van der Waals surface area contributed by atoms with Gasteiger partial charge in [0.1, 0.15) is 17.7 Å². The number of ether oxygens (including phenoxy) is 1. The molecule has 6 nitrogen and oxygen atoms in total. The summed E-state index contributed by atoms with van der Waals surface area (Å²) < 4.78 is 18.8. The molecule has 2 aromatic carbocycles. The number of guanidine groups is 1. The molecule has 0 aliphatic heterocycles. The van der Waals surface area contributed by atoms with Crippen molar-refractivity contribution in [2.75, 3.05) is 20.1 Å². The summed E-state index contributed by atoms with van der Waals surface area (Å²) in [5.74, 6) is 0.688. The highest BCUT2D eigenvalue weighted by molar-refractivity contribution is 5.81. The molecule has 1 amide bonds. The smallest absolute Gasteiger partial charge is 0.222 e. The molecular formula is C21H27FN4O2. The first-order valence-corrected chi connectivity index (χ1v) is 9.24. The van der Waals surface area contributed by atoms with Gasteiger partial charge in [-0.3, -0.25) is 9.79 Å². The summed E-state index contributed by atoms with van der Waals surface area (Å²) in [7, 11) is 1.66. The summed E-state index contributed by atoms with van der Waals surface area (Å²) >= 11 is 0. The Labute approximate surface area is 165 Å². The maximum absolute atomic E-state index is 13.2. The maximum Gasteiger partial charge on any atom is 0.222 e. The number of aliphatic imine (C=N–C) groups is 1. The van der Waals surface area contributed by atoms with E-state index in [4.69, 9.17) is 4.74 Å². The third kappa shape index (κ3) is 8.07. The standard InChI is InChI=1S/C21H27FN4O2/c1-16(28-19-10-6-9-18(22)13-19)14-26-21(23-2)24-12-11-20(27)25-15-17-7-4-3-5-8-17/h3-10,13,16H,11-12,14-15H2,1-2H3,(H,25,27)(H2,23,24,26). The first kappa shape index (κ1) is 21.2. The van der Waals surface area contributed by atoms with Gasteiger partial charge in [0.05, 0.1) is 6.54 Å². The van der Waals surface area contributed by atoms with E-state index in [1.165, 1.54) is 12.1 Å². The molecule has 0 saturated heterocycles. The predicted molar refractivity (Wildman–Crippen MR) is 109 cm³/mol. The Bertz CT molecular complexity index is 768. The van der Waals surface area contributed by atoms with Gasteiger partial charge in [0.25, 0.3) is 0 Å². The Morgan fingerprint density at radius 1 is 1.11 bits per heavy atom. The van der Waals surface area contributed by atoms with Crippen LogP contribution in [-0.2, 0) is 11.3 Å². The van der Waals surface area contributed by atoms with Crippen molar-refractivity contribution >= 4 is 11.9 Å². The lowest BCUT2D eigenvalue weighted by molar-refractivity contribution is -0.121. The molecule has 2 rings (SSSR count). The normalized spacial score (nSPS) is 12.2. The molecular weight excluding hydrogens is 359 g/mol. The zero-order chi connectivity index (χ0) is 20.2. The van der Waals surface area contributed by atoms with Crippen LogP contribution in [0.4, 0.5) is 4.39 Å². The molecule has 0 radical (unpaired) electrons. The zero-order valence-corrected chi connectivity index (χ0v) is 16.2. The van der Waals surface area contributed by atoms with Gasteiger partial charge in [0.2, 0.25) is 5.91 Å². The molecule has 0 aromatic heterocycles. The number of nitrogens with one attached hydrogen (secondary N) is 3. The molecule has 2 aromatic rings. The number of carbonyl (C=O) groups excluding carboxylic acids is 1. The summed E-state index contributed by atoms with van der Waals surface area (Å²) in [6.07, 6.45) is 0.151. The quantitative estimate of drug-likeness (QED) is 0.457. The fourth-order valence-corrected chi connectivity index (χ4v) is 2.45. The molecule has 0 fully saturated rings. The van der Waals surface area contributed by atoms with Crippen molar-refractivity contribution in [3.8, 4) is 5.75 Å². The number of nitrogens with zero attached hydrogens (tertiary/aromatic N) is 1. The molecule has 0 saturated carbocycles. The van der Waals surface area contributed by atoms with E-state index in [0.29, 0.717) is 37.8 Å². The summed E-state index contributed by atoms with van der Waals surface area (Å²) in [5.41, 5.74) is 1.06. The van der Waals surface area contributed by atoms with Crippen molar-refractivity contribution in [2.24, 2.45) is 4.99 Å². The van der Waals surface area contributed by atoms with Crippen LogP contribution in [0.5, 0.6) is 5.75 Å². The Balaban J connectivity index is 1.63. The Morgan fingerprint density at radius 3 is 2.61 bits per heavy atom. The van der Waals surface area contributed by atoms with Crippen molar-refractivity contribution in [1.29, 1.82) is 0 Å². The predicted octanol–water partition coefficient (Wildman–Crippen LogP) is 2.46. The van der Waals surface area contributed by atoms with Crippen molar-refractivity contribution in [2.45, 2.75) is 26.0 Å². The second-order valence-corrected chi connectivity index (χ2v) is 6.28. The molecule has 0 aliphatic rings. The van der Waals surface area contributed by atoms with Crippen LogP contribution in [-0.4, -0.2) is 38.1 Å². The Hall–Kier alpha value is -3.09. The van der Waals surface area contributed by atoms with Gasteiger partial charge >= 0.3 is 0 Å². The van der Waals surface area contributed by atoms with Gasteiger partial charge in [-0.1, -0.05) is 36.4 Å². The molecule has 7 heteroatoms. The summed E-state index contributed by atoms with van der Waals surface area (Å²) in [6.45, 7) is 3.33. The maximum atomic E-state index is 13.2. The SMILES string of the molecule is CN=C(NCCC(=O)NCc1ccccc1)NCC(C)Oc1cccc(F)c1. The molecule has 0 bridgehead atoms. The van der Waals surface area contributed by atoms with Crippen LogP contribution in [0.15, 0.2) is 59.6 Å². The van der Waals surface area contributed by atoms with E-state index in [9.17, 15) is 9.18 Å². The van der Waals surface area contributed by atoms with E-state index in [1.54, 1.807) is 19.2 Å². The van der Waals surface area contributed by atoms with Gasteiger partial charge in [0, 0.05) is 32.6 Å². The van der Waals surface area contributed by atoms with Crippen LogP contribution in [0.2, 0.25) is 0 Å². The van der Waals surface area contributed by atoms with Gasteiger partial charge in [-0.25, -0.2) is 4.39 Å². The fourth-order valence-electron chi connectivity index (χ4n) is 2.45. The number of benzene rings is 2. The lowest BCUT2D eigenvalue weighted by Gasteiger charge is -2.17. The van der Waals surface area contributed by atoms with E-state index < -0.39 is 0 Å². The van der Waals surface area contributed by atoms with Crippen LogP contribution in [0.1, 0.15) is 18.9 Å². The molecule has 1 unspecified atom stereocenters. The highest BCUT2D eigenvalue weighted by atomic mass is 19.1. The number of halogens is 1. The van der Waals surface area contributed by atoms with Crippen LogP contribution >= 0.6 is 0 Å². The third-order valence-electron chi connectivity index (χ3n) is 3.89. The van der Waals surface area contributed by atoms with Crippen LogP contribution < -0.4 is 20.7 Å². The minimum Gasteiger partial charge on any atom is -0.489 e. The van der Waals surface area contributed by atoms with Crippen molar-refractivity contribution in [3.05, 3.63) is 66.0 Å². The average Bonchev–Trinajstić information content (AvgIpc) is 2.69. The van der Waals surface area contributed by atoms with Crippen LogP contribution in [0.3, 0.4) is 0 Å². The van der Waals surface area contributed by atoms with E-state index >= 15 is 0 Å². The van der Waals surface area contributed by atoms with Gasteiger partial charge in [-0.05, 0) is 24.6 Å². The van der Waals surface area contributed by atoms with Gasteiger partial charge < -0.3 is 20.7 Å². The number of hydrogen-bond acceptors (Lipinski definition) is 3. The van der Waals surface area contributed by atoms with E-state index in [2.05, 4.69) is 20.9 Å². The zero-order valence-electron chi connectivity index (χ0n) is 16.2. The Morgan fingerprint density at radius 2 is 1.89 bits per heavy atom. The number of carbonyl (C=O) groups is 1. The van der Waals surface area contributed by atoms with Gasteiger partial charge in [-0.15, -0.1) is 0 Å². The lowest BCUT2D eigenvalue weighted by Crippen LogP contribution is -2.42. The average molecular weight is 386 g/mol. The highest BCUT2D eigenvalue weighted by Gasteiger charge is 2.07. The third-order valence-corrected chi connectivity index (χ3v) is 3.89. The second-order valence-electron chi connectivity index (χ2n) is 6.28. The first-order chi connectivity index (χ1) is 13.6. The van der Waals surface area contributed by atoms with Crippen LogP contribution in [0, 0.1) is 5.82 Å². The van der Waals surface area contributed by atoms with Crippen molar-refractivity contribution in [1.82, 2.24) is 16.0 Å². The monoisotopic (exact) mass is 386 g/mol. The molecule has 28 heavy (non-hydrogen) atoms. The Kier molecular flexibility index (Phi) is 8.78. The first-order valence-electron chi connectivity index (χ1n) is 9.24. The molecule has 1 atom stereocenters. The second kappa shape index (κ2) is 11.6. The van der Waals surface area contributed by atoms with E-state index in [0.717, 1.165) is 5.56 Å². The van der Waals surface area contributed by atoms with Gasteiger partial charge in [0.15, 0.2) is 5.96 Å². The molecule has 0 spiro atoms. The van der Waals surface area contributed by atoms with Crippen molar-refractivity contribution < 1.29 is 13.9 Å². The number of hydrogen-bond donors (Lipinski definition) is 3. The van der Waals surface area contributed by atoms with Gasteiger partial charge in [-0.2, -0.15) is 0 Å². The fraction of sp³-hybridized carbons (Fsp3) is 0.333. The minimum atomic E-state index is -0.333. The summed E-state index contributed by atoms with van der Waals surface area (Å²) in [5, 5.41) is 9.10. The lowest BCUT2D eigenvalue weighted by atomic mass is 10.2. The number of rotatable bonds is 9. The molecule has 0 heterocycles. The highest BCUT2D eigenvalue weighted by Crippen LogP contribution is 2.13. The summed E-state index contributed by atoms with van der Waals surface area (Å²) in [6, 6.07) is 15.8. The molecule has 150 valence electrons. The molecule has 0 aliphatic carbocycles. The van der Waals surface area contributed by atoms with E-state index in [1.807, 2.05) is 37.3 Å². The molecule has 3 N–H and O–H groups in total. The topological polar surface area (TPSA) is 74.8 Å².